The van der Waals surface area contributed by atoms with Crippen LogP contribution >= 0.6 is 23.1 Å². The van der Waals surface area contributed by atoms with Crippen molar-refractivity contribution >= 4 is 40.7 Å². The summed E-state index contributed by atoms with van der Waals surface area (Å²) in [5.74, 6) is 0.662. The molecular formula is C20H25N3O3S2. The molecule has 0 bridgehead atoms. The summed E-state index contributed by atoms with van der Waals surface area (Å²) in [6.45, 7) is 2.44. The summed E-state index contributed by atoms with van der Waals surface area (Å²) in [7, 11) is 0. The molecule has 1 aliphatic heterocycles. The van der Waals surface area contributed by atoms with Crippen LogP contribution in [0.5, 0.6) is 0 Å². The van der Waals surface area contributed by atoms with Crippen LogP contribution in [0, 0.1) is 0 Å². The highest BCUT2D eigenvalue weighted by molar-refractivity contribution is 8.00. The summed E-state index contributed by atoms with van der Waals surface area (Å²) < 4.78 is -0.287. The summed E-state index contributed by atoms with van der Waals surface area (Å²) in [5.41, 5.74) is 3.54. The van der Waals surface area contributed by atoms with Crippen molar-refractivity contribution in [3.05, 3.63) is 41.3 Å². The molecule has 0 radical (unpaired) electrons. The number of carbonyl (C=O) groups excluding carboxylic acids is 2. The van der Waals surface area contributed by atoms with Crippen LogP contribution < -0.4 is 16.1 Å². The van der Waals surface area contributed by atoms with E-state index in [4.69, 9.17) is 5.21 Å². The Morgan fingerprint density at radius 3 is 2.79 bits per heavy atom. The maximum atomic E-state index is 11.9. The second kappa shape index (κ2) is 9.45. The van der Waals surface area contributed by atoms with Crippen LogP contribution in [0.4, 0.5) is 10.5 Å². The third-order valence-corrected chi connectivity index (χ3v) is 7.80. The molecule has 0 spiro atoms. The zero-order chi connectivity index (χ0) is 20.0. The molecule has 1 aromatic carbocycles. The van der Waals surface area contributed by atoms with Gasteiger partial charge in [-0.1, -0.05) is 18.6 Å². The van der Waals surface area contributed by atoms with Crippen molar-refractivity contribution in [1.29, 1.82) is 0 Å². The van der Waals surface area contributed by atoms with Crippen LogP contribution in [0.3, 0.4) is 0 Å². The van der Waals surface area contributed by atoms with Gasteiger partial charge in [0.15, 0.2) is 0 Å². The smallest absolute Gasteiger partial charge is 0.319 e. The number of amides is 3. The van der Waals surface area contributed by atoms with E-state index in [1.165, 1.54) is 0 Å². The predicted octanol–water partition coefficient (Wildman–Crippen LogP) is 4.56. The molecule has 2 heterocycles. The molecule has 3 rings (SSSR count). The van der Waals surface area contributed by atoms with Crippen LogP contribution in [-0.2, 0) is 9.54 Å². The lowest BCUT2D eigenvalue weighted by molar-refractivity contribution is -0.129. The Balaban J connectivity index is 1.84. The van der Waals surface area contributed by atoms with Crippen LogP contribution in [0.2, 0.25) is 0 Å². The fourth-order valence-corrected chi connectivity index (χ4v) is 6.28. The van der Waals surface area contributed by atoms with Crippen molar-refractivity contribution in [1.82, 2.24) is 10.8 Å². The Kier molecular flexibility index (Phi) is 6.98. The van der Waals surface area contributed by atoms with Gasteiger partial charge in [0.1, 0.15) is 0 Å². The Labute approximate surface area is 173 Å². The molecule has 1 atom stereocenters. The van der Waals surface area contributed by atoms with Crippen LogP contribution in [-0.4, -0.2) is 29.4 Å². The summed E-state index contributed by atoms with van der Waals surface area (Å²) >= 11 is 3.48. The average Bonchev–Trinajstić information content (AvgIpc) is 3.20. The van der Waals surface area contributed by atoms with E-state index in [0.717, 1.165) is 46.0 Å². The van der Waals surface area contributed by atoms with Crippen LogP contribution in [0.15, 0.2) is 36.4 Å². The maximum absolute atomic E-state index is 11.9. The minimum absolute atomic E-state index is 0.223. The Morgan fingerprint density at radius 1 is 1.21 bits per heavy atom. The number of nitrogens with one attached hydrogen (secondary N) is 3. The average molecular weight is 420 g/mol. The summed E-state index contributed by atoms with van der Waals surface area (Å²) in [6.07, 6.45) is 3.42. The second-order valence-electron chi connectivity index (χ2n) is 6.74. The number of hydrogen-bond donors (Lipinski definition) is 4. The summed E-state index contributed by atoms with van der Waals surface area (Å²) in [5, 5.41) is 14.6. The molecule has 0 unspecified atom stereocenters. The van der Waals surface area contributed by atoms with Crippen molar-refractivity contribution in [2.45, 2.75) is 37.4 Å². The van der Waals surface area contributed by atoms with E-state index in [2.05, 4.69) is 22.8 Å². The monoisotopic (exact) mass is 419 g/mol. The number of thiophene rings is 1. The third-order valence-electron chi connectivity index (χ3n) is 4.72. The summed E-state index contributed by atoms with van der Waals surface area (Å²) in [6, 6.07) is 11.7. The molecule has 6 nitrogen and oxygen atoms in total. The van der Waals surface area contributed by atoms with Crippen LogP contribution in [0.1, 0.15) is 37.5 Å². The van der Waals surface area contributed by atoms with Gasteiger partial charge in [-0.15, -0.1) is 23.1 Å². The molecule has 1 fully saturated rings. The number of urea groups is 1. The SMILES string of the molecule is CCNC(=O)Nc1cccc(-c2ccc([C@@]3(CC(=O)NO)CCCCS3)s2)c1. The van der Waals surface area contributed by atoms with Gasteiger partial charge in [-0.25, -0.2) is 10.3 Å². The Hall–Kier alpha value is -2.03. The first-order valence-corrected chi connectivity index (χ1v) is 11.2. The molecule has 1 aliphatic rings. The zero-order valence-electron chi connectivity index (χ0n) is 15.8. The number of hydroxylamine groups is 1. The maximum Gasteiger partial charge on any atom is 0.319 e. The molecule has 3 amide bonds. The molecule has 2 aromatic rings. The number of thioether (sulfide) groups is 1. The predicted molar refractivity (Wildman–Crippen MR) is 115 cm³/mol. The molecule has 0 saturated carbocycles. The first-order valence-electron chi connectivity index (χ1n) is 9.39. The highest BCUT2D eigenvalue weighted by Gasteiger charge is 2.38. The van der Waals surface area contributed by atoms with Crippen LogP contribution in [0.25, 0.3) is 10.4 Å². The highest BCUT2D eigenvalue weighted by Crippen LogP contribution is 2.50. The number of benzene rings is 1. The molecule has 1 saturated heterocycles. The molecule has 28 heavy (non-hydrogen) atoms. The van der Waals surface area contributed by atoms with E-state index >= 15 is 0 Å². The molecule has 0 aliphatic carbocycles. The van der Waals surface area contributed by atoms with Gasteiger partial charge < -0.3 is 10.6 Å². The van der Waals surface area contributed by atoms with Gasteiger partial charge in [-0.3, -0.25) is 10.0 Å². The van der Waals surface area contributed by atoms with Gasteiger partial charge in [-0.2, -0.15) is 0 Å². The van der Waals surface area contributed by atoms with Crippen molar-refractivity contribution < 1.29 is 14.8 Å². The van der Waals surface area contributed by atoms with Crippen molar-refractivity contribution in [3.8, 4) is 10.4 Å². The van der Waals surface area contributed by atoms with Gasteiger partial charge in [0.05, 0.1) is 4.75 Å². The highest BCUT2D eigenvalue weighted by atomic mass is 32.2. The third kappa shape index (κ3) is 4.87. The minimum Gasteiger partial charge on any atom is -0.338 e. The van der Waals surface area contributed by atoms with E-state index in [0.29, 0.717) is 6.54 Å². The van der Waals surface area contributed by atoms with Crippen molar-refractivity contribution in [3.63, 3.8) is 0 Å². The number of anilines is 1. The fraction of sp³-hybridized carbons (Fsp3) is 0.400. The van der Waals surface area contributed by atoms with Crippen molar-refractivity contribution in [2.75, 3.05) is 17.6 Å². The van der Waals surface area contributed by atoms with E-state index in [1.807, 2.05) is 31.2 Å². The Morgan fingerprint density at radius 2 is 2.07 bits per heavy atom. The first kappa shape index (κ1) is 20.7. The lowest BCUT2D eigenvalue weighted by atomic mass is 9.94. The lowest BCUT2D eigenvalue weighted by Crippen LogP contribution is -2.32. The second-order valence-corrected chi connectivity index (χ2v) is 9.30. The van der Waals surface area contributed by atoms with Gasteiger partial charge in [0.25, 0.3) is 0 Å². The standard InChI is InChI=1S/C20H25N3O3S2/c1-2-21-19(25)22-15-7-5-6-14(12-15)16-8-9-17(28-16)20(13-18(24)23-26)10-3-4-11-27-20/h5-9,12,26H,2-4,10-11,13H2,1H3,(H,23,24)(H2,21,22,25)/t20-/m0/s1. The summed E-state index contributed by atoms with van der Waals surface area (Å²) in [4.78, 5) is 25.9. The molecule has 4 N–H and O–H groups in total. The quantitative estimate of drug-likeness (QED) is 0.408. The topological polar surface area (TPSA) is 90.5 Å². The van der Waals surface area contributed by atoms with E-state index in [9.17, 15) is 9.59 Å². The van der Waals surface area contributed by atoms with Crippen molar-refractivity contribution in [2.24, 2.45) is 0 Å². The number of hydrogen-bond acceptors (Lipinski definition) is 5. The minimum atomic E-state index is -0.350. The number of rotatable bonds is 6. The van der Waals surface area contributed by atoms with Gasteiger partial charge in [0.2, 0.25) is 5.91 Å². The van der Waals surface area contributed by atoms with E-state index in [-0.39, 0.29) is 23.1 Å². The van der Waals surface area contributed by atoms with E-state index in [1.54, 1.807) is 28.6 Å². The largest absolute Gasteiger partial charge is 0.338 e. The van der Waals surface area contributed by atoms with Gasteiger partial charge in [-0.05, 0) is 55.3 Å². The van der Waals surface area contributed by atoms with Gasteiger partial charge >= 0.3 is 6.03 Å². The lowest BCUT2D eigenvalue weighted by Gasteiger charge is -2.35. The first-order chi connectivity index (χ1) is 13.6. The molecular weight excluding hydrogens is 394 g/mol. The molecule has 8 heteroatoms. The van der Waals surface area contributed by atoms with Gasteiger partial charge in [0, 0.05) is 28.4 Å². The normalized spacial score (nSPS) is 19.1. The molecule has 150 valence electrons. The fourth-order valence-electron chi connectivity index (χ4n) is 3.40. The zero-order valence-corrected chi connectivity index (χ0v) is 17.4. The molecule has 1 aromatic heterocycles. The Bertz CT molecular complexity index is 832. The van der Waals surface area contributed by atoms with E-state index < -0.39 is 0 Å². The number of carbonyl (C=O) groups is 2.